The van der Waals surface area contributed by atoms with E-state index in [1.54, 1.807) is 13.2 Å². The molecule has 0 atom stereocenters. The number of aliphatic hydroxyl groups is 1. The summed E-state index contributed by atoms with van der Waals surface area (Å²) in [6.45, 7) is 7.84. The predicted molar refractivity (Wildman–Crippen MR) is 130 cm³/mol. The molecule has 0 saturated carbocycles. The summed E-state index contributed by atoms with van der Waals surface area (Å²) in [7, 11) is 1.58. The molecule has 0 saturated heterocycles. The summed E-state index contributed by atoms with van der Waals surface area (Å²) in [6.07, 6.45) is 0. The molecule has 0 aliphatic rings. The molecule has 0 spiro atoms. The number of hydrogen-bond donors (Lipinski definition) is 2. The van der Waals surface area contributed by atoms with Crippen LogP contribution in [-0.2, 0) is 13.2 Å². The number of aromatic nitrogens is 2. The number of nitrogens with zero attached hydrogens (tertiary/aromatic N) is 3. The third-order valence-electron chi connectivity index (χ3n) is 4.98. The van der Waals surface area contributed by atoms with Crippen molar-refractivity contribution in [3.63, 3.8) is 0 Å². The maximum Gasteiger partial charge on any atom is 0.188 e. The van der Waals surface area contributed by atoms with Crippen molar-refractivity contribution in [2.45, 2.75) is 13.2 Å². The quantitative estimate of drug-likeness (QED) is 0.339. The lowest BCUT2D eigenvalue weighted by atomic mass is 10.0. The Morgan fingerprint density at radius 1 is 1.00 bits per heavy atom. The van der Waals surface area contributed by atoms with E-state index in [0.29, 0.717) is 34.5 Å². The molecule has 2 N–H and O–H groups in total. The molecule has 4 rings (SSSR count). The highest BCUT2D eigenvalue weighted by atomic mass is 35.5. The van der Waals surface area contributed by atoms with Gasteiger partial charge >= 0.3 is 0 Å². The molecule has 3 aromatic carbocycles. The fraction of sp³-hybridized carbons (Fsp3) is 0.125. The first kappa shape index (κ1) is 23.3. The summed E-state index contributed by atoms with van der Waals surface area (Å²) < 4.78 is 5.20. The number of nitrogens with one attached hydrogen (secondary N) is 1. The van der Waals surface area contributed by atoms with Crippen LogP contribution in [0, 0.1) is 6.57 Å². The average molecular weight is 467 g/mol. The first-order chi connectivity index (χ1) is 15.1. The Labute approximate surface area is 197 Å². The van der Waals surface area contributed by atoms with Crippen molar-refractivity contribution in [3.05, 3.63) is 88.2 Å². The molecule has 0 bridgehead atoms. The minimum absolute atomic E-state index is 0. The van der Waals surface area contributed by atoms with Crippen LogP contribution >= 0.6 is 24.0 Å². The maximum atomic E-state index is 9.28. The zero-order valence-corrected chi connectivity index (χ0v) is 18.7. The second kappa shape index (κ2) is 10.3. The number of benzene rings is 3. The first-order valence-corrected chi connectivity index (χ1v) is 9.95. The second-order valence-electron chi connectivity index (χ2n) is 6.92. The van der Waals surface area contributed by atoms with Gasteiger partial charge in [-0.1, -0.05) is 54.1 Å². The van der Waals surface area contributed by atoms with Gasteiger partial charge in [0.1, 0.15) is 11.4 Å². The fourth-order valence-electron chi connectivity index (χ4n) is 3.33. The molecule has 0 aliphatic heterocycles. The maximum absolute atomic E-state index is 9.28. The number of rotatable bonds is 6. The van der Waals surface area contributed by atoms with Crippen LogP contribution in [0.3, 0.4) is 0 Å². The minimum atomic E-state index is -0.0146. The van der Waals surface area contributed by atoms with E-state index < -0.39 is 0 Å². The number of methoxy groups -OCH3 is 1. The summed E-state index contributed by atoms with van der Waals surface area (Å²) in [5.41, 5.74) is 3.92. The van der Waals surface area contributed by atoms with Crippen molar-refractivity contribution in [3.8, 4) is 17.0 Å². The van der Waals surface area contributed by atoms with Crippen molar-refractivity contribution in [1.29, 1.82) is 0 Å². The van der Waals surface area contributed by atoms with Crippen LogP contribution in [0.1, 0.15) is 11.1 Å². The van der Waals surface area contributed by atoms with E-state index in [0.717, 1.165) is 27.5 Å². The molecule has 0 aliphatic carbocycles. The summed E-state index contributed by atoms with van der Waals surface area (Å²) >= 11 is 6.23. The Morgan fingerprint density at radius 2 is 1.75 bits per heavy atom. The molecule has 32 heavy (non-hydrogen) atoms. The third-order valence-corrected chi connectivity index (χ3v) is 5.27. The molecule has 6 nitrogen and oxygen atoms in total. The summed E-state index contributed by atoms with van der Waals surface area (Å²) in [5.74, 6) is 1.21. The van der Waals surface area contributed by atoms with Gasteiger partial charge in [-0.2, -0.15) is 0 Å². The van der Waals surface area contributed by atoms with Crippen molar-refractivity contribution >= 4 is 46.3 Å². The first-order valence-electron chi connectivity index (χ1n) is 9.57. The highest BCUT2D eigenvalue weighted by Crippen LogP contribution is 2.33. The largest absolute Gasteiger partial charge is 0.495 e. The normalized spacial score (nSPS) is 10.3. The molecular weight excluding hydrogens is 447 g/mol. The lowest BCUT2D eigenvalue weighted by Gasteiger charge is -2.13. The van der Waals surface area contributed by atoms with Gasteiger partial charge in [0.05, 0.1) is 25.3 Å². The predicted octanol–water partition coefficient (Wildman–Crippen LogP) is 6.04. The van der Waals surface area contributed by atoms with Crippen molar-refractivity contribution < 1.29 is 9.84 Å². The van der Waals surface area contributed by atoms with Gasteiger partial charge in [0.25, 0.3) is 0 Å². The van der Waals surface area contributed by atoms with Gasteiger partial charge in [0.2, 0.25) is 0 Å². The van der Waals surface area contributed by atoms with Gasteiger partial charge in [0, 0.05) is 22.9 Å². The van der Waals surface area contributed by atoms with E-state index >= 15 is 0 Å². The van der Waals surface area contributed by atoms with Crippen LogP contribution in [0.5, 0.6) is 5.75 Å². The van der Waals surface area contributed by atoms with Crippen molar-refractivity contribution in [2.24, 2.45) is 0 Å². The molecule has 0 fully saturated rings. The Kier molecular flexibility index (Phi) is 7.49. The van der Waals surface area contributed by atoms with Gasteiger partial charge in [0.15, 0.2) is 11.5 Å². The van der Waals surface area contributed by atoms with Gasteiger partial charge in [-0.3, -0.25) is 0 Å². The van der Waals surface area contributed by atoms with E-state index in [1.807, 2.05) is 54.6 Å². The molecule has 0 radical (unpaired) electrons. The number of fused-ring (bicyclic) bond motifs is 1. The molecular formula is C24H20Cl2N4O2. The van der Waals surface area contributed by atoms with Gasteiger partial charge in [-0.15, -0.1) is 22.6 Å². The van der Waals surface area contributed by atoms with Crippen LogP contribution < -0.4 is 10.1 Å². The van der Waals surface area contributed by atoms with Gasteiger partial charge in [-0.25, -0.2) is 4.85 Å². The number of hydrogen-bond acceptors (Lipinski definition) is 5. The van der Waals surface area contributed by atoms with Gasteiger partial charge in [-0.05, 0) is 29.3 Å². The SMILES string of the molecule is Cl.[C-]#[N+]c1ccc2c(-c3ccc(CO)cc3)nnc(NCc3ccc(OC)c(Cl)c3)c2c1. The Morgan fingerprint density at radius 3 is 2.41 bits per heavy atom. The zero-order valence-electron chi connectivity index (χ0n) is 17.2. The Bertz CT molecular complexity index is 1290. The lowest BCUT2D eigenvalue weighted by Crippen LogP contribution is -2.04. The minimum Gasteiger partial charge on any atom is -0.495 e. The zero-order chi connectivity index (χ0) is 21.8. The number of anilines is 1. The fourth-order valence-corrected chi connectivity index (χ4v) is 3.61. The third kappa shape index (κ3) is 4.76. The standard InChI is InChI=1S/C24H19ClN4O2.ClH/c1-26-18-8-9-19-20(12-18)24(27-13-16-5-10-22(31-2)21(25)11-16)29-28-23(19)17-6-3-15(14-30)4-7-17;/h3-12,30H,13-14H2,2H3,(H,27,29);1H. The number of aliphatic hydroxyl groups excluding tert-OH is 1. The summed E-state index contributed by atoms with van der Waals surface area (Å²) in [6, 6.07) is 18.6. The average Bonchev–Trinajstić information content (AvgIpc) is 2.82. The Balaban J connectivity index is 0.00000289. The molecule has 0 amide bonds. The van der Waals surface area contributed by atoms with E-state index in [2.05, 4.69) is 20.4 Å². The molecule has 8 heteroatoms. The number of ether oxygens (including phenoxy) is 1. The van der Waals surface area contributed by atoms with Crippen molar-refractivity contribution in [2.75, 3.05) is 12.4 Å². The molecule has 4 aromatic rings. The van der Waals surface area contributed by atoms with E-state index in [-0.39, 0.29) is 19.0 Å². The topological polar surface area (TPSA) is 71.6 Å². The molecule has 162 valence electrons. The number of halogens is 2. The van der Waals surface area contributed by atoms with Crippen LogP contribution in [0.4, 0.5) is 11.5 Å². The van der Waals surface area contributed by atoms with Gasteiger partial charge < -0.3 is 15.2 Å². The molecule has 0 unspecified atom stereocenters. The van der Waals surface area contributed by atoms with Crippen LogP contribution in [0.15, 0.2) is 60.7 Å². The van der Waals surface area contributed by atoms with E-state index in [9.17, 15) is 5.11 Å². The monoisotopic (exact) mass is 466 g/mol. The molecule has 1 heterocycles. The molecule has 1 aromatic heterocycles. The van der Waals surface area contributed by atoms with Crippen LogP contribution in [0.25, 0.3) is 26.9 Å². The van der Waals surface area contributed by atoms with Crippen molar-refractivity contribution in [1.82, 2.24) is 10.2 Å². The Hall–Kier alpha value is -3.37. The smallest absolute Gasteiger partial charge is 0.188 e. The highest BCUT2D eigenvalue weighted by Gasteiger charge is 2.12. The lowest BCUT2D eigenvalue weighted by molar-refractivity contribution is 0.282. The second-order valence-corrected chi connectivity index (χ2v) is 7.32. The summed E-state index contributed by atoms with van der Waals surface area (Å²) in [5, 5.41) is 23.7. The summed E-state index contributed by atoms with van der Waals surface area (Å²) in [4.78, 5) is 3.55. The highest BCUT2D eigenvalue weighted by molar-refractivity contribution is 6.32. The van der Waals surface area contributed by atoms with E-state index in [4.69, 9.17) is 22.9 Å². The van der Waals surface area contributed by atoms with Crippen LogP contribution in [-0.4, -0.2) is 22.4 Å². The van der Waals surface area contributed by atoms with Crippen LogP contribution in [0.2, 0.25) is 5.02 Å². The van der Waals surface area contributed by atoms with E-state index in [1.165, 1.54) is 0 Å².